The minimum Gasteiger partial charge on any atom is -0.336 e. The number of para-hydroxylation sites is 1. The number of hydrogen-bond acceptors (Lipinski definition) is 4. The molecule has 1 saturated heterocycles. The van der Waals surface area contributed by atoms with Crippen LogP contribution in [0.5, 0.6) is 0 Å². The van der Waals surface area contributed by atoms with Gasteiger partial charge in [0.15, 0.2) is 0 Å². The molecule has 0 aliphatic carbocycles. The molecule has 1 fully saturated rings. The van der Waals surface area contributed by atoms with Crippen molar-refractivity contribution in [3.05, 3.63) is 75.1 Å². The van der Waals surface area contributed by atoms with Crippen molar-refractivity contribution in [2.75, 3.05) is 26.2 Å². The van der Waals surface area contributed by atoms with Crippen molar-refractivity contribution in [3.8, 4) is 0 Å². The highest BCUT2D eigenvalue weighted by Crippen LogP contribution is 2.31. The second-order valence-corrected chi connectivity index (χ2v) is 11.9. The number of carbonyl (C=O) groups is 1. The van der Waals surface area contributed by atoms with Crippen molar-refractivity contribution in [1.82, 2.24) is 14.2 Å². The average Bonchev–Trinajstić information content (AvgIpc) is 2.77. The first-order chi connectivity index (χ1) is 15.9. The zero-order valence-corrected chi connectivity index (χ0v) is 21.1. The van der Waals surface area contributed by atoms with E-state index in [0.717, 1.165) is 22.1 Å². The van der Waals surface area contributed by atoms with Gasteiger partial charge < -0.3 is 9.88 Å². The van der Waals surface area contributed by atoms with Gasteiger partial charge in [-0.2, -0.15) is 4.31 Å². The summed E-state index contributed by atoms with van der Waals surface area (Å²) in [5.74, 6) is -0.383. The molecule has 1 aliphatic rings. The van der Waals surface area contributed by atoms with E-state index in [-0.39, 0.29) is 43.1 Å². The van der Waals surface area contributed by atoms with Crippen LogP contribution in [0.2, 0.25) is 0 Å². The van der Waals surface area contributed by atoms with E-state index in [1.165, 1.54) is 4.31 Å². The quantitative estimate of drug-likeness (QED) is 0.619. The number of nitrogens with zero attached hydrogens (tertiary/aromatic N) is 2. The number of pyridine rings is 1. The molecule has 7 nitrogen and oxygen atoms in total. The monoisotopic (exact) mass is 481 g/mol. The van der Waals surface area contributed by atoms with Crippen molar-refractivity contribution in [2.24, 2.45) is 0 Å². The van der Waals surface area contributed by atoms with E-state index >= 15 is 0 Å². The van der Waals surface area contributed by atoms with E-state index in [4.69, 9.17) is 0 Å². The van der Waals surface area contributed by atoms with Crippen molar-refractivity contribution in [1.29, 1.82) is 0 Å². The van der Waals surface area contributed by atoms with Gasteiger partial charge in [0, 0.05) is 31.7 Å². The zero-order valence-electron chi connectivity index (χ0n) is 20.3. The molecule has 0 radical (unpaired) electrons. The lowest BCUT2D eigenvalue weighted by Crippen LogP contribution is -2.51. The Kier molecular flexibility index (Phi) is 6.16. The molecule has 3 aromatic rings. The highest BCUT2D eigenvalue weighted by atomic mass is 32.2. The Bertz CT molecular complexity index is 1400. The summed E-state index contributed by atoms with van der Waals surface area (Å²) < 4.78 is 28.4. The summed E-state index contributed by atoms with van der Waals surface area (Å²) >= 11 is 0. The first kappa shape index (κ1) is 24.2. The molecule has 8 heteroatoms. The van der Waals surface area contributed by atoms with Gasteiger partial charge in [-0.3, -0.25) is 9.59 Å². The first-order valence-corrected chi connectivity index (χ1v) is 12.9. The highest BCUT2D eigenvalue weighted by molar-refractivity contribution is 7.89. The summed E-state index contributed by atoms with van der Waals surface area (Å²) in [5.41, 5.74) is 2.77. The predicted molar refractivity (Wildman–Crippen MR) is 134 cm³/mol. The minimum absolute atomic E-state index is 0.0689. The molecular weight excluding hydrogens is 450 g/mol. The third-order valence-corrected chi connectivity index (χ3v) is 8.64. The number of piperazine rings is 1. The molecule has 2 aromatic carbocycles. The van der Waals surface area contributed by atoms with E-state index in [9.17, 15) is 18.0 Å². The van der Waals surface area contributed by atoms with Gasteiger partial charge in [-0.1, -0.05) is 51.1 Å². The van der Waals surface area contributed by atoms with Crippen LogP contribution in [0.25, 0.3) is 10.9 Å². The van der Waals surface area contributed by atoms with Crippen LogP contribution in [0.4, 0.5) is 0 Å². The Labute approximate surface area is 200 Å². The number of sulfonamides is 1. The second-order valence-electron chi connectivity index (χ2n) is 9.98. The summed E-state index contributed by atoms with van der Waals surface area (Å²) in [7, 11) is -3.71. The van der Waals surface area contributed by atoms with Gasteiger partial charge in [0.25, 0.3) is 11.5 Å². The molecule has 2 heterocycles. The van der Waals surface area contributed by atoms with E-state index < -0.39 is 15.6 Å². The van der Waals surface area contributed by atoms with Gasteiger partial charge >= 0.3 is 0 Å². The van der Waals surface area contributed by atoms with Crippen molar-refractivity contribution in [2.45, 2.75) is 44.9 Å². The fraction of sp³-hybridized carbons (Fsp3) is 0.385. The van der Waals surface area contributed by atoms with Crippen LogP contribution in [0.15, 0.2) is 52.2 Å². The summed E-state index contributed by atoms with van der Waals surface area (Å²) in [6.45, 7) is 10.8. The SMILES string of the molecule is Cc1cc(C(C)(C)C)cc(C)c1S(=O)(=O)N1CCN(C(=O)c2cc3ccccc3[nH]c2=O)CC1. The number of aryl methyl sites for hydroxylation is 2. The maximum Gasteiger partial charge on any atom is 0.261 e. The number of H-pyrrole nitrogens is 1. The lowest BCUT2D eigenvalue weighted by Gasteiger charge is -2.34. The van der Waals surface area contributed by atoms with Crippen LogP contribution in [0.3, 0.4) is 0 Å². The fourth-order valence-electron chi connectivity index (χ4n) is 4.53. The summed E-state index contributed by atoms with van der Waals surface area (Å²) in [6.07, 6.45) is 0. The van der Waals surface area contributed by atoms with Crippen molar-refractivity contribution >= 4 is 26.8 Å². The second kappa shape index (κ2) is 8.67. The van der Waals surface area contributed by atoms with Crippen LogP contribution in [0, 0.1) is 13.8 Å². The van der Waals surface area contributed by atoms with Gasteiger partial charge in [0.1, 0.15) is 5.56 Å². The third-order valence-electron chi connectivity index (χ3n) is 6.43. The highest BCUT2D eigenvalue weighted by Gasteiger charge is 2.33. The van der Waals surface area contributed by atoms with Gasteiger partial charge in [-0.15, -0.1) is 0 Å². The molecule has 0 atom stereocenters. The lowest BCUT2D eigenvalue weighted by atomic mass is 9.85. The van der Waals surface area contributed by atoms with Crippen molar-refractivity contribution < 1.29 is 13.2 Å². The maximum absolute atomic E-state index is 13.5. The standard InChI is InChI=1S/C26H31N3O4S/c1-17-14-20(26(3,4)5)15-18(2)23(17)34(32,33)29-12-10-28(11-13-29)25(31)21-16-19-8-6-7-9-22(19)27-24(21)30/h6-9,14-16H,10-13H2,1-5H3,(H,27,30). The van der Waals surface area contributed by atoms with Crippen LogP contribution in [-0.4, -0.2) is 54.7 Å². The molecule has 4 rings (SSSR count). The van der Waals surface area contributed by atoms with Crippen LogP contribution in [0.1, 0.15) is 47.8 Å². The summed E-state index contributed by atoms with van der Waals surface area (Å²) in [6, 6.07) is 12.8. The number of amides is 1. The smallest absolute Gasteiger partial charge is 0.261 e. The number of aromatic amines is 1. The van der Waals surface area contributed by atoms with Crippen LogP contribution >= 0.6 is 0 Å². The minimum atomic E-state index is -3.71. The molecule has 1 N–H and O–H groups in total. The summed E-state index contributed by atoms with van der Waals surface area (Å²) in [5, 5.41) is 0.774. The largest absolute Gasteiger partial charge is 0.336 e. The lowest BCUT2D eigenvalue weighted by molar-refractivity contribution is 0.0696. The van der Waals surface area contributed by atoms with E-state index in [1.807, 2.05) is 44.2 Å². The molecule has 1 aliphatic heterocycles. The maximum atomic E-state index is 13.5. The molecule has 1 amide bonds. The number of benzene rings is 2. The Morgan fingerprint density at radius 2 is 1.53 bits per heavy atom. The molecule has 1 aromatic heterocycles. The average molecular weight is 482 g/mol. The number of nitrogens with one attached hydrogen (secondary N) is 1. The van der Waals surface area contributed by atoms with Crippen LogP contribution in [-0.2, 0) is 15.4 Å². The van der Waals surface area contributed by atoms with Crippen LogP contribution < -0.4 is 5.56 Å². The molecule has 0 bridgehead atoms. The number of fused-ring (bicyclic) bond motifs is 1. The summed E-state index contributed by atoms with van der Waals surface area (Å²) in [4.78, 5) is 30.2. The zero-order chi connectivity index (χ0) is 24.8. The number of rotatable bonds is 3. The molecule has 34 heavy (non-hydrogen) atoms. The van der Waals surface area contributed by atoms with Gasteiger partial charge in [-0.25, -0.2) is 8.42 Å². The predicted octanol–water partition coefficient (Wildman–Crippen LogP) is 3.59. The normalized spacial score (nSPS) is 15.6. The molecular formula is C26H31N3O4S. The Morgan fingerprint density at radius 3 is 2.12 bits per heavy atom. The van der Waals surface area contributed by atoms with Crippen molar-refractivity contribution in [3.63, 3.8) is 0 Å². The van der Waals surface area contributed by atoms with E-state index in [1.54, 1.807) is 17.0 Å². The topological polar surface area (TPSA) is 90.6 Å². The molecule has 180 valence electrons. The van der Waals surface area contributed by atoms with Gasteiger partial charge in [0.05, 0.1) is 4.90 Å². The van der Waals surface area contributed by atoms with Gasteiger partial charge in [0.2, 0.25) is 10.0 Å². The molecule has 0 saturated carbocycles. The van der Waals surface area contributed by atoms with E-state index in [2.05, 4.69) is 25.8 Å². The number of aromatic nitrogens is 1. The molecule has 0 unspecified atom stereocenters. The first-order valence-electron chi connectivity index (χ1n) is 11.4. The fourth-order valence-corrected chi connectivity index (χ4v) is 6.36. The Hall–Kier alpha value is -2.97. The Balaban J connectivity index is 1.54. The Morgan fingerprint density at radius 1 is 0.941 bits per heavy atom. The third kappa shape index (κ3) is 4.40. The molecule has 0 spiro atoms. The number of hydrogen-bond donors (Lipinski definition) is 1. The van der Waals surface area contributed by atoms with E-state index in [0.29, 0.717) is 10.4 Å². The van der Waals surface area contributed by atoms with Gasteiger partial charge in [-0.05, 0) is 53.5 Å². The number of carbonyl (C=O) groups excluding carboxylic acids is 1.